The minimum absolute atomic E-state index is 0.0106. The summed E-state index contributed by atoms with van der Waals surface area (Å²) < 4.78 is 108. The van der Waals surface area contributed by atoms with Crippen molar-refractivity contribution in [2.45, 2.75) is 110 Å². The lowest BCUT2D eigenvalue weighted by Gasteiger charge is -2.39. The molecule has 2 aromatic carbocycles. The predicted octanol–water partition coefficient (Wildman–Crippen LogP) is 9.32. The van der Waals surface area contributed by atoms with Gasteiger partial charge in [-0.05, 0) is 111 Å². The van der Waals surface area contributed by atoms with Crippen molar-refractivity contribution in [3.05, 3.63) is 106 Å². The van der Waals surface area contributed by atoms with Gasteiger partial charge in [0.2, 0.25) is 11.9 Å². The zero-order valence-electron chi connectivity index (χ0n) is 35.2. The Morgan fingerprint density at radius 2 is 0.938 bits per heavy atom. The molecule has 4 aromatic rings. The highest BCUT2D eigenvalue weighted by molar-refractivity contribution is 7.91. The van der Waals surface area contributed by atoms with Crippen molar-refractivity contribution < 1.29 is 34.4 Å². The zero-order chi connectivity index (χ0) is 44.9. The molecule has 5 unspecified atom stereocenters. The van der Waals surface area contributed by atoms with Gasteiger partial charge in [-0.15, -0.1) is 0 Å². The number of piperidine rings is 2. The molecule has 344 valence electrons. The zero-order valence-corrected chi connectivity index (χ0v) is 38.4. The normalized spacial score (nSPS) is 27.8. The van der Waals surface area contributed by atoms with Gasteiger partial charge in [0, 0.05) is 50.3 Å². The molecule has 18 heteroatoms. The van der Waals surface area contributed by atoms with Crippen molar-refractivity contribution >= 4 is 54.3 Å². The average molecular weight is 964 g/mol. The maximum Gasteiger partial charge on any atom is 0.213 e. The van der Waals surface area contributed by atoms with Crippen LogP contribution in [0.25, 0.3) is 0 Å². The number of hydrogen-bond donors (Lipinski definition) is 2. The number of fused-ring (bicyclic) bond motifs is 2. The third-order valence-electron chi connectivity index (χ3n) is 14.0. The topological polar surface area (TPSA) is 125 Å². The number of pyridine rings is 2. The highest BCUT2D eigenvalue weighted by atomic mass is 35.5. The van der Waals surface area contributed by atoms with E-state index < -0.39 is 64.5 Å². The Bertz CT molecular complexity index is 2420. The van der Waals surface area contributed by atoms with Gasteiger partial charge in [-0.3, -0.25) is 9.80 Å². The van der Waals surface area contributed by atoms with E-state index in [2.05, 4.69) is 30.4 Å². The second kappa shape index (κ2) is 18.6. The molecule has 6 fully saturated rings. The quantitative estimate of drug-likeness (QED) is 0.105. The number of likely N-dealkylation sites (tertiary alicyclic amines) is 2. The molecule has 10 nitrogen and oxygen atoms in total. The number of anilines is 2. The predicted molar refractivity (Wildman–Crippen MR) is 239 cm³/mol. The Morgan fingerprint density at radius 3 is 1.31 bits per heavy atom. The Labute approximate surface area is 382 Å². The van der Waals surface area contributed by atoms with Gasteiger partial charge < -0.3 is 10.6 Å². The lowest BCUT2D eigenvalue weighted by molar-refractivity contribution is 0.161. The minimum Gasteiger partial charge on any atom is -0.379 e. The Hall–Kier alpha value is -3.54. The molecule has 8 atom stereocenters. The first kappa shape index (κ1) is 45.6. The number of nitrogens with zero attached hydrogens (tertiary/aromatic N) is 4. The van der Waals surface area contributed by atoms with Gasteiger partial charge in [0.15, 0.2) is 19.7 Å². The molecule has 10 rings (SSSR count). The van der Waals surface area contributed by atoms with Gasteiger partial charge in [-0.25, -0.2) is 35.6 Å². The molecule has 0 radical (unpaired) electrons. The molecule has 0 spiro atoms. The first-order valence-corrected chi connectivity index (χ1v) is 26.3. The van der Waals surface area contributed by atoms with Crippen LogP contribution in [0.2, 0.25) is 10.0 Å². The Morgan fingerprint density at radius 1 is 0.562 bits per heavy atom. The lowest BCUT2D eigenvalue weighted by Crippen LogP contribution is -2.48. The number of benzene rings is 2. The van der Waals surface area contributed by atoms with Crippen LogP contribution in [0.5, 0.6) is 0 Å². The fraction of sp³-hybridized carbons (Fsp3) is 0.522. The number of halogens is 6. The lowest BCUT2D eigenvalue weighted by atomic mass is 9.89. The van der Waals surface area contributed by atoms with E-state index >= 15 is 0 Å². The molecule has 0 amide bonds. The van der Waals surface area contributed by atoms with Crippen LogP contribution in [0.4, 0.5) is 28.9 Å². The number of nitrogens with one attached hydrogen (secondary N) is 2. The van der Waals surface area contributed by atoms with E-state index in [1.807, 2.05) is 0 Å². The van der Waals surface area contributed by atoms with E-state index in [-0.39, 0.29) is 33.5 Å². The molecule has 0 bridgehead atoms. The molecule has 4 heterocycles. The smallest absolute Gasteiger partial charge is 0.213 e. The van der Waals surface area contributed by atoms with Gasteiger partial charge in [-0.2, -0.15) is 8.78 Å². The van der Waals surface area contributed by atoms with Crippen molar-refractivity contribution in [2.75, 3.05) is 36.8 Å². The van der Waals surface area contributed by atoms with Crippen LogP contribution in [-0.2, 0) is 31.2 Å². The van der Waals surface area contributed by atoms with E-state index in [1.165, 1.54) is 62.1 Å². The summed E-state index contributed by atoms with van der Waals surface area (Å²) in [4.78, 5) is 11.3. The molecule has 4 aliphatic carbocycles. The molecule has 64 heavy (non-hydrogen) atoms. The van der Waals surface area contributed by atoms with Gasteiger partial charge >= 0.3 is 0 Å². The van der Waals surface area contributed by atoms with Crippen LogP contribution >= 0.6 is 23.2 Å². The number of hydrogen-bond acceptors (Lipinski definition) is 10. The van der Waals surface area contributed by atoms with Crippen LogP contribution < -0.4 is 10.6 Å². The van der Waals surface area contributed by atoms with Gasteiger partial charge in [0.05, 0.1) is 44.3 Å². The first-order valence-electron chi connectivity index (χ1n) is 22.3. The number of sulfone groups is 2. The van der Waals surface area contributed by atoms with Crippen LogP contribution in [0.1, 0.15) is 75.6 Å². The Kier molecular flexibility index (Phi) is 13.3. The second-order valence-electron chi connectivity index (χ2n) is 18.6. The van der Waals surface area contributed by atoms with E-state index in [4.69, 9.17) is 23.2 Å². The second-order valence-corrected chi connectivity index (χ2v) is 23.3. The number of rotatable bonds is 12. The molecule has 2 saturated heterocycles. The van der Waals surface area contributed by atoms with Gasteiger partial charge in [0.1, 0.15) is 21.4 Å². The maximum atomic E-state index is 14.9. The van der Waals surface area contributed by atoms with E-state index in [9.17, 15) is 34.4 Å². The fourth-order valence-electron chi connectivity index (χ4n) is 10.6. The first-order chi connectivity index (χ1) is 30.6. The number of aromatic nitrogens is 2. The summed E-state index contributed by atoms with van der Waals surface area (Å²) in [5.74, 6) is -1.15. The summed E-state index contributed by atoms with van der Waals surface area (Å²) in [6.45, 7) is 4.56. The molecule has 2 aliphatic heterocycles. The summed E-state index contributed by atoms with van der Waals surface area (Å²) in [7, 11) is -8.17. The highest BCUT2D eigenvalue weighted by Crippen LogP contribution is 2.48. The maximum absolute atomic E-state index is 14.9. The molecule has 4 saturated carbocycles. The van der Waals surface area contributed by atoms with Crippen molar-refractivity contribution in [3.63, 3.8) is 0 Å². The average Bonchev–Trinajstić information content (AvgIpc) is 4.08. The molecule has 6 aliphatic rings. The third-order valence-corrected chi connectivity index (χ3v) is 18.0. The van der Waals surface area contributed by atoms with E-state index in [0.717, 1.165) is 113 Å². The summed E-state index contributed by atoms with van der Waals surface area (Å²) >= 11 is 12.8. The largest absolute Gasteiger partial charge is 0.379 e. The minimum atomic E-state index is -4.08. The molecular formula is C46H52Cl2F4N6O4S2. The van der Waals surface area contributed by atoms with E-state index in [1.54, 1.807) is 0 Å². The van der Waals surface area contributed by atoms with Crippen LogP contribution in [0.3, 0.4) is 0 Å². The molecular weight excluding hydrogens is 912 g/mol. The monoisotopic (exact) mass is 962 g/mol. The summed E-state index contributed by atoms with van der Waals surface area (Å²) in [5, 5.41) is 7.14. The van der Waals surface area contributed by atoms with Crippen LogP contribution in [-0.4, -0.2) is 86.9 Å². The molecule has 2 N–H and O–H groups in total. The van der Waals surface area contributed by atoms with Crippen molar-refractivity contribution in [2.24, 2.45) is 23.7 Å². The van der Waals surface area contributed by atoms with E-state index in [0.29, 0.717) is 23.5 Å². The van der Waals surface area contributed by atoms with Crippen molar-refractivity contribution in [3.8, 4) is 0 Å². The molecule has 2 aromatic heterocycles. The highest BCUT2D eigenvalue weighted by Gasteiger charge is 2.49. The summed E-state index contributed by atoms with van der Waals surface area (Å²) in [6.07, 6.45) is 11.4. The van der Waals surface area contributed by atoms with Gasteiger partial charge in [0.25, 0.3) is 0 Å². The van der Waals surface area contributed by atoms with Crippen LogP contribution in [0, 0.1) is 47.2 Å². The fourth-order valence-corrected chi connectivity index (χ4v) is 13.9. The third kappa shape index (κ3) is 10.4. The summed E-state index contributed by atoms with van der Waals surface area (Å²) in [6, 6.07) is 13.5. The van der Waals surface area contributed by atoms with Crippen molar-refractivity contribution in [1.82, 2.24) is 19.8 Å². The van der Waals surface area contributed by atoms with Gasteiger partial charge in [-0.1, -0.05) is 61.0 Å². The van der Waals surface area contributed by atoms with Crippen molar-refractivity contribution in [1.29, 1.82) is 0 Å². The summed E-state index contributed by atoms with van der Waals surface area (Å²) in [5.41, 5.74) is 0.842. The SMILES string of the molecule is O=S(=O)(Cc1cccc(F)n1)c1cc(Cl)c(NC2CCCC[C@@H]2N2CC3CC3C2)cc1F.O=S(=O)(Cc1cccc(F)n1)c1cc(Cl)c(N[C@@H]2CCCC[C@H]2N2CC3CC3C2)cc1F. The standard InChI is InChI=1S/2C23H26ClF2N3O2S/c2*24-17-9-22(32(30,31)13-16-4-3-7-23(26)27-16)18(25)10-20(17)28-19-5-1-2-6-21(19)29-11-14-8-15(14)12-29/h2*3-4,7,9-10,14-15,19,21,28H,1-2,5-6,8,11-13H2/t14?,15?,19?,21-;14?,15?,19-,21-/m01/s1. The van der Waals surface area contributed by atoms with Crippen LogP contribution in [0.15, 0.2) is 70.5 Å². The Balaban J connectivity index is 0.000000162.